The van der Waals surface area contributed by atoms with Crippen molar-refractivity contribution >= 4 is 11.6 Å². The summed E-state index contributed by atoms with van der Waals surface area (Å²) in [7, 11) is 0. The summed E-state index contributed by atoms with van der Waals surface area (Å²) in [5.41, 5.74) is 0.169. The van der Waals surface area contributed by atoms with E-state index in [9.17, 15) is 13.2 Å². The van der Waals surface area contributed by atoms with Gasteiger partial charge in [-0.2, -0.15) is 18.4 Å². The van der Waals surface area contributed by atoms with E-state index in [0.717, 1.165) is 17.7 Å². The molecule has 0 bridgehead atoms. The van der Waals surface area contributed by atoms with Crippen molar-refractivity contribution in [1.82, 2.24) is 4.98 Å². The van der Waals surface area contributed by atoms with Crippen molar-refractivity contribution < 1.29 is 17.9 Å². The molecule has 7 heteroatoms. The lowest BCUT2D eigenvalue weighted by Crippen LogP contribution is -2.09. The van der Waals surface area contributed by atoms with E-state index < -0.39 is 11.7 Å². The molecule has 0 aliphatic rings. The molecule has 0 saturated heterocycles. The minimum Gasteiger partial charge on any atom is -0.493 e. The Morgan fingerprint density at radius 1 is 1.26 bits per heavy atom. The Kier molecular flexibility index (Phi) is 5.12. The van der Waals surface area contributed by atoms with Crippen LogP contribution in [0.1, 0.15) is 29.7 Å². The summed E-state index contributed by atoms with van der Waals surface area (Å²) in [5, 5.41) is 8.96. The van der Waals surface area contributed by atoms with Gasteiger partial charge in [0.25, 0.3) is 0 Å². The average molecular weight is 341 g/mol. The Morgan fingerprint density at radius 3 is 2.48 bits per heavy atom. The third-order valence-corrected chi connectivity index (χ3v) is 3.38. The van der Waals surface area contributed by atoms with Crippen molar-refractivity contribution in [3.63, 3.8) is 0 Å². The fraction of sp³-hybridized carbons (Fsp3) is 0.250. The van der Waals surface area contributed by atoms with E-state index in [0.29, 0.717) is 5.75 Å². The SMILES string of the molecule is CC(COc1cc(Cl)nc(C#N)c1)c1ccc(C(F)(F)F)cc1. The first kappa shape index (κ1) is 17.1. The molecule has 0 spiro atoms. The minimum absolute atomic E-state index is 0.130. The molecule has 2 rings (SSSR count). The summed E-state index contributed by atoms with van der Waals surface area (Å²) in [4.78, 5) is 3.79. The number of hydrogen-bond donors (Lipinski definition) is 0. The Labute approximate surface area is 136 Å². The fourth-order valence-electron chi connectivity index (χ4n) is 1.93. The fourth-order valence-corrected chi connectivity index (χ4v) is 2.13. The highest BCUT2D eigenvalue weighted by atomic mass is 35.5. The Balaban J connectivity index is 2.04. The summed E-state index contributed by atoms with van der Waals surface area (Å²) in [6.07, 6.45) is -4.35. The Bertz CT molecular complexity index is 724. The first-order valence-electron chi connectivity index (χ1n) is 6.67. The van der Waals surface area contributed by atoms with E-state index in [1.807, 2.05) is 13.0 Å². The summed E-state index contributed by atoms with van der Waals surface area (Å²) in [6.45, 7) is 2.06. The molecule has 1 unspecified atom stereocenters. The largest absolute Gasteiger partial charge is 0.493 e. The second kappa shape index (κ2) is 6.88. The molecular formula is C16H12ClF3N2O. The number of hydrogen-bond acceptors (Lipinski definition) is 3. The van der Waals surface area contributed by atoms with E-state index in [2.05, 4.69) is 4.98 Å². The molecule has 0 radical (unpaired) electrons. The Hall–Kier alpha value is -2.26. The second-order valence-electron chi connectivity index (χ2n) is 4.95. The number of nitriles is 1. The van der Waals surface area contributed by atoms with Gasteiger partial charge in [-0.15, -0.1) is 0 Å². The van der Waals surface area contributed by atoms with E-state index in [-0.39, 0.29) is 23.4 Å². The highest BCUT2D eigenvalue weighted by Gasteiger charge is 2.30. The topological polar surface area (TPSA) is 45.9 Å². The molecule has 1 aromatic carbocycles. The van der Waals surface area contributed by atoms with Gasteiger partial charge in [-0.3, -0.25) is 0 Å². The quantitative estimate of drug-likeness (QED) is 0.750. The lowest BCUT2D eigenvalue weighted by Gasteiger charge is -2.15. The normalized spacial score (nSPS) is 12.5. The van der Waals surface area contributed by atoms with Crippen molar-refractivity contribution in [3.8, 4) is 11.8 Å². The molecule has 1 aromatic heterocycles. The lowest BCUT2D eigenvalue weighted by molar-refractivity contribution is -0.137. The van der Waals surface area contributed by atoms with Gasteiger partial charge in [0.2, 0.25) is 0 Å². The third kappa shape index (κ3) is 4.60. The highest BCUT2D eigenvalue weighted by molar-refractivity contribution is 6.29. The summed E-state index contributed by atoms with van der Waals surface area (Å²) in [5.74, 6) is 0.259. The molecule has 3 nitrogen and oxygen atoms in total. The van der Waals surface area contributed by atoms with Crippen molar-refractivity contribution in [2.24, 2.45) is 0 Å². The van der Waals surface area contributed by atoms with Crippen LogP contribution < -0.4 is 4.74 Å². The molecule has 120 valence electrons. The number of alkyl halides is 3. The molecule has 0 saturated carbocycles. The smallest absolute Gasteiger partial charge is 0.416 e. The summed E-state index contributed by atoms with van der Waals surface area (Å²) < 4.78 is 43.1. The van der Waals surface area contributed by atoms with Crippen LogP contribution in [-0.4, -0.2) is 11.6 Å². The van der Waals surface area contributed by atoms with Crippen LogP contribution in [0.5, 0.6) is 5.75 Å². The van der Waals surface area contributed by atoms with Crippen molar-refractivity contribution in [1.29, 1.82) is 5.26 Å². The molecule has 1 heterocycles. The van der Waals surface area contributed by atoms with E-state index in [4.69, 9.17) is 21.6 Å². The molecule has 1 atom stereocenters. The van der Waals surface area contributed by atoms with Gasteiger partial charge in [-0.1, -0.05) is 30.7 Å². The van der Waals surface area contributed by atoms with Gasteiger partial charge >= 0.3 is 6.18 Å². The Morgan fingerprint density at radius 2 is 1.91 bits per heavy atom. The van der Waals surface area contributed by atoms with Crippen LogP contribution >= 0.6 is 11.6 Å². The standard InChI is InChI=1S/C16H12ClF3N2O/c1-10(11-2-4-12(5-3-11)16(18,19)20)9-23-14-6-13(8-21)22-15(17)7-14/h2-7,10H,9H2,1H3. The first-order valence-corrected chi connectivity index (χ1v) is 7.05. The number of halogens is 4. The van der Waals surface area contributed by atoms with E-state index in [1.165, 1.54) is 24.3 Å². The third-order valence-electron chi connectivity index (χ3n) is 3.19. The predicted molar refractivity (Wildman–Crippen MR) is 79.3 cm³/mol. The zero-order chi connectivity index (χ0) is 17.0. The van der Waals surface area contributed by atoms with Crippen LogP contribution in [0.15, 0.2) is 36.4 Å². The molecule has 0 fully saturated rings. The summed E-state index contributed by atoms with van der Waals surface area (Å²) in [6, 6.07) is 9.73. The molecule has 23 heavy (non-hydrogen) atoms. The predicted octanol–water partition coefficient (Wildman–Crippen LogP) is 4.81. The monoisotopic (exact) mass is 340 g/mol. The van der Waals surface area contributed by atoms with Gasteiger partial charge < -0.3 is 4.74 Å². The number of aromatic nitrogens is 1. The van der Waals surface area contributed by atoms with Gasteiger partial charge in [0.1, 0.15) is 22.7 Å². The van der Waals surface area contributed by atoms with Gasteiger partial charge in [0.15, 0.2) is 0 Å². The number of benzene rings is 1. The van der Waals surface area contributed by atoms with E-state index in [1.54, 1.807) is 0 Å². The second-order valence-corrected chi connectivity index (χ2v) is 5.34. The maximum atomic E-state index is 12.5. The van der Waals surface area contributed by atoms with E-state index >= 15 is 0 Å². The molecule has 0 amide bonds. The number of rotatable bonds is 4. The van der Waals surface area contributed by atoms with Crippen LogP contribution in [-0.2, 0) is 6.18 Å². The van der Waals surface area contributed by atoms with Crippen molar-refractivity contribution in [2.75, 3.05) is 6.61 Å². The van der Waals surface area contributed by atoms with Crippen LogP contribution in [0.4, 0.5) is 13.2 Å². The number of pyridine rings is 1. The lowest BCUT2D eigenvalue weighted by atomic mass is 10.0. The van der Waals surface area contributed by atoms with Crippen LogP contribution in [0.3, 0.4) is 0 Å². The zero-order valence-electron chi connectivity index (χ0n) is 12.1. The molecule has 0 aliphatic heterocycles. The van der Waals surface area contributed by atoms with Crippen molar-refractivity contribution in [3.05, 3.63) is 58.4 Å². The number of ether oxygens (including phenoxy) is 1. The maximum absolute atomic E-state index is 12.5. The molecule has 0 aliphatic carbocycles. The maximum Gasteiger partial charge on any atom is 0.416 e. The van der Waals surface area contributed by atoms with Gasteiger partial charge in [0, 0.05) is 18.1 Å². The average Bonchev–Trinajstić information content (AvgIpc) is 2.51. The molecule has 0 N–H and O–H groups in total. The van der Waals surface area contributed by atoms with Gasteiger partial charge in [-0.25, -0.2) is 4.98 Å². The van der Waals surface area contributed by atoms with Crippen LogP contribution in [0.2, 0.25) is 5.15 Å². The van der Waals surface area contributed by atoms with Crippen LogP contribution in [0.25, 0.3) is 0 Å². The van der Waals surface area contributed by atoms with Crippen LogP contribution in [0, 0.1) is 11.3 Å². The van der Waals surface area contributed by atoms with Crippen molar-refractivity contribution in [2.45, 2.75) is 19.0 Å². The molecular weight excluding hydrogens is 329 g/mol. The zero-order valence-corrected chi connectivity index (χ0v) is 12.8. The summed E-state index contributed by atoms with van der Waals surface area (Å²) >= 11 is 5.77. The molecule has 2 aromatic rings. The van der Waals surface area contributed by atoms with Gasteiger partial charge in [0.05, 0.1) is 12.2 Å². The first-order chi connectivity index (χ1) is 10.8. The highest BCUT2D eigenvalue weighted by Crippen LogP contribution is 2.30. The minimum atomic E-state index is -4.35. The van der Waals surface area contributed by atoms with Gasteiger partial charge in [-0.05, 0) is 17.7 Å². The number of nitrogens with zero attached hydrogens (tertiary/aromatic N) is 2.